The van der Waals surface area contributed by atoms with E-state index in [1.165, 1.54) is 6.42 Å². The largest absolute Gasteiger partial charge is 0.497 e. The zero-order valence-corrected chi connectivity index (χ0v) is 12.3. The molecule has 0 aromatic heterocycles. The van der Waals surface area contributed by atoms with Crippen LogP contribution in [0.2, 0.25) is 0 Å². The van der Waals surface area contributed by atoms with Gasteiger partial charge in [0.1, 0.15) is 11.6 Å². The minimum absolute atomic E-state index is 0.115. The standard InChI is InChI=1S/C14H21N3OS/c1-3-11-9-17(6-7-19-11)13-8-10(18-2)4-5-12(13)14(15)16/h4-5,8,11H,3,6-7,9H2,1-2H3,(H3,15,16). The fraction of sp³-hybridized carbons (Fsp3) is 0.500. The van der Waals surface area contributed by atoms with E-state index in [1.807, 2.05) is 30.0 Å². The van der Waals surface area contributed by atoms with E-state index in [0.29, 0.717) is 5.25 Å². The molecule has 0 amide bonds. The van der Waals surface area contributed by atoms with Crippen LogP contribution < -0.4 is 15.4 Å². The quantitative estimate of drug-likeness (QED) is 0.656. The molecule has 1 aromatic rings. The van der Waals surface area contributed by atoms with E-state index in [1.54, 1.807) is 7.11 Å². The van der Waals surface area contributed by atoms with Crippen LogP contribution >= 0.6 is 11.8 Å². The lowest BCUT2D eigenvalue weighted by Gasteiger charge is -2.34. The summed E-state index contributed by atoms with van der Waals surface area (Å²) >= 11 is 2.03. The summed E-state index contributed by atoms with van der Waals surface area (Å²) in [7, 11) is 1.66. The molecule has 19 heavy (non-hydrogen) atoms. The molecule has 1 aliphatic rings. The third-order valence-corrected chi connectivity index (χ3v) is 4.80. The van der Waals surface area contributed by atoms with Crippen LogP contribution in [0.5, 0.6) is 5.75 Å². The lowest BCUT2D eigenvalue weighted by Crippen LogP contribution is -2.38. The molecule has 1 saturated heterocycles. The number of nitrogens with one attached hydrogen (secondary N) is 1. The van der Waals surface area contributed by atoms with Crippen molar-refractivity contribution in [2.75, 3.05) is 30.9 Å². The first kappa shape index (κ1) is 14.1. The van der Waals surface area contributed by atoms with Crippen molar-refractivity contribution in [1.29, 1.82) is 5.41 Å². The summed E-state index contributed by atoms with van der Waals surface area (Å²) in [6, 6.07) is 5.72. The van der Waals surface area contributed by atoms with Gasteiger partial charge in [-0.3, -0.25) is 5.41 Å². The summed E-state index contributed by atoms with van der Waals surface area (Å²) in [5.41, 5.74) is 7.50. The van der Waals surface area contributed by atoms with Crippen molar-refractivity contribution in [3.8, 4) is 5.75 Å². The molecule has 0 aliphatic carbocycles. The highest BCUT2D eigenvalue weighted by Gasteiger charge is 2.22. The highest BCUT2D eigenvalue weighted by Crippen LogP contribution is 2.30. The van der Waals surface area contributed by atoms with Crippen LogP contribution in [0.1, 0.15) is 18.9 Å². The van der Waals surface area contributed by atoms with E-state index in [9.17, 15) is 0 Å². The van der Waals surface area contributed by atoms with Gasteiger partial charge in [-0.15, -0.1) is 0 Å². The molecule has 0 saturated carbocycles. The fourth-order valence-electron chi connectivity index (χ4n) is 2.31. The maximum Gasteiger partial charge on any atom is 0.124 e. The van der Waals surface area contributed by atoms with Gasteiger partial charge < -0.3 is 15.4 Å². The predicted octanol–water partition coefficient (Wildman–Crippen LogP) is 2.31. The smallest absolute Gasteiger partial charge is 0.124 e. The van der Waals surface area contributed by atoms with Gasteiger partial charge in [0.25, 0.3) is 0 Å². The number of hydrogen-bond acceptors (Lipinski definition) is 4. The van der Waals surface area contributed by atoms with Gasteiger partial charge in [-0.25, -0.2) is 0 Å². The van der Waals surface area contributed by atoms with Crippen molar-refractivity contribution in [3.63, 3.8) is 0 Å². The van der Waals surface area contributed by atoms with Crippen molar-refractivity contribution >= 4 is 23.3 Å². The van der Waals surface area contributed by atoms with Gasteiger partial charge in [0.05, 0.1) is 12.8 Å². The van der Waals surface area contributed by atoms with Crippen molar-refractivity contribution < 1.29 is 4.74 Å². The Bertz CT molecular complexity index is 464. The number of hydrogen-bond donors (Lipinski definition) is 2. The number of nitrogens with zero attached hydrogens (tertiary/aromatic N) is 1. The molecule has 2 rings (SSSR count). The zero-order chi connectivity index (χ0) is 13.8. The van der Waals surface area contributed by atoms with E-state index in [-0.39, 0.29) is 5.84 Å². The Morgan fingerprint density at radius 2 is 2.37 bits per heavy atom. The molecule has 1 aliphatic heterocycles. The van der Waals surface area contributed by atoms with Crippen molar-refractivity contribution in [1.82, 2.24) is 0 Å². The Balaban J connectivity index is 2.32. The molecule has 104 valence electrons. The monoisotopic (exact) mass is 279 g/mol. The van der Waals surface area contributed by atoms with E-state index in [0.717, 1.165) is 35.8 Å². The van der Waals surface area contributed by atoms with Gasteiger partial charge in [-0.05, 0) is 18.6 Å². The molecule has 1 unspecified atom stereocenters. The lowest BCUT2D eigenvalue weighted by atomic mass is 10.1. The Morgan fingerprint density at radius 1 is 1.58 bits per heavy atom. The molecule has 0 spiro atoms. The Labute approximate surface area is 118 Å². The molecule has 4 nitrogen and oxygen atoms in total. The average molecular weight is 279 g/mol. The number of rotatable bonds is 4. The van der Waals surface area contributed by atoms with Crippen LogP contribution in [0.15, 0.2) is 18.2 Å². The van der Waals surface area contributed by atoms with Gasteiger partial charge in [-0.2, -0.15) is 11.8 Å². The van der Waals surface area contributed by atoms with Crippen molar-refractivity contribution in [2.45, 2.75) is 18.6 Å². The van der Waals surface area contributed by atoms with Gasteiger partial charge in [0, 0.05) is 35.7 Å². The second kappa shape index (κ2) is 6.19. The molecule has 1 fully saturated rings. The van der Waals surface area contributed by atoms with Gasteiger partial charge in [-0.1, -0.05) is 6.92 Å². The van der Waals surface area contributed by atoms with E-state index < -0.39 is 0 Å². The normalized spacial score (nSPS) is 19.3. The number of amidine groups is 1. The van der Waals surface area contributed by atoms with Gasteiger partial charge >= 0.3 is 0 Å². The third kappa shape index (κ3) is 3.15. The van der Waals surface area contributed by atoms with Crippen molar-refractivity contribution in [3.05, 3.63) is 23.8 Å². The molecule has 0 bridgehead atoms. The van der Waals surface area contributed by atoms with E-state index in [4.69, 9.17) is 15.9 Å². The van der Waals surface area contributed by atoms with Crippen LogP contribution in [0.4, 0.5) is 5.69 Å². The summed E-state index contributed by atoms with van der Waals surface area (Å²) < 4.78 is 5.29. The highest BCUT2D eigenvalue weighted by molar-refractivity contribution is 8.00. The first-order chi connectivity index (χ1) is 9.15. The summed E-state index contributed by atoms with van der Waals surface area (Å²) in [6.45, 7) is 4.22. The number of thioether (sulfide) groups is 1. The first-order valence-electron chi connectivity index (χ1n) is 6.54. The second-order valence-corrected chi connectivity index (χ2v) is 6.05. The van der Waals surface area contributed by atoms with Crippen LogP contribution in [0, 0.1) is 5.41 Å². The fourth-order valence-corrected chi connectivity index (χ4v) is 3.49. The minimum atomic E-state index is 0.115. The van der Waals surface area contributed by atoms with Crippen LogP contribution in [-0.4, -0.2) is 37.0 Å². The Morgan fingerprint density at radius 3 is 3.00 bits per heavy atom. The molecule has 5 heteroatoms. The average Bonchev–Trinajstić information content (AvgIpc) is 2.46. The molecule has 0 radical (unpaired) electrons. The predicted molar refractivity (Wildman–Crippen MR) is 82.8 cm³/mol. The van der Waals surface area contributed by atoms with Gasteiger partial charge in [0.15, 0.2) is 0 Å². The van der Waals surface area contributed by atoms with Crippen LogP contribution in [0.3, 0.4) is 0 Å². The number of benzene rings is 1. The number of methoxy groups -OCH3 is 1. The SMILES string of the molecule is CCC1CN(c2cc(OC)ccc2C(=N)N)CCS1. The number of anilines is 1. The third-order valence-electron chi connectivity index (χ3n) is 3.43. The maximum absolute atomic E-state index is 7.72. The highest BCUT2D eigenvalue weighted by atomic mass is 32.2. The summed E-state index contributed by atoms with van der Waals surface area (Å²) in [5, 5.41) is 8.38. The first-order valence-corrected chi connectivity index (χ1v) is 7.59. The van der Waals surface area contributed by atoms with Crippen LogP contribution in [-0.2, 0) is 0 Å². The Kier molecular flexibility index (Phi) is 4.58. The van der Waals surface area contributed by atoms with Crippen LogP contribution in [0.25, 0.3) is 0 Å². The van der Waals surface area contributed by atoms with E-state index in [2.05, 4.69) is 11.8 Å². The zero-order valence-electron chi connectivity index (χ0n) is 11.5. The molecular weight excluding hydrogens is 258 g/mol. The lowest BCUT2D eigenvalue weighted by molar-refractivity contribution is 0.414. The van der Waals surface area contributed by atoms with E-state index >= 15 is 0 Å². The molecule has 3 N–H and O–H groups in total. The number of nitrogens with two attached hydrogens (primary N) is 1. The summed E-state index contributed by atoms with van der Waals surface area (Å²) in [4.78, 5) is 2.32. The number of ether oxygens (including phenoxy) is 1. The number of nitrogen functional groups attached to an aromatic ring is 1. The summed E-state index contributed by atoms with van der Waals surface area (Å²) in [6.07, 6.45) is 1.17. The Hall–Kier alpha value is -1.36. The molecular formula is C14H21N3OS. The summed E-state index contributed by atoms with van der Waals surface area (Å²) in [5.74, 6) is 2.04. The molecule has 1 heterocycles. The van der Waals surface area contributed by atoms with Gasteiger partial charge in [0.2, 0.25) is 0 Å². The molecule has 1 aromatic carbocycles. The maximum atomic E-state index is 7.72. The minimum Gasteiger partial charge on any atom is -0.497 e. The molecule has 1 atom stereocenters. The second-order valence-electron chi connectivity index (χ2n) is 4.64. The topological polar surface area (TPSA) is 62.3 Å². The van der Waals surface area contributed by atoms with Crippen molar-refractivity contribution in [2.24, 2.45) is 5.73 Å².